The predicted molar refractivity (Wildman–Crippen MR) is 224 cm³/mol. The van der Waals surface area contributed by atoms with Gasteiger partial charge in [-0.1, -0.05) is 0 Å². The molecule has 0 spiro atoms. The summed E-state index contributed by atoms with van der Waals surface area (Å²) >= 11 is 6.71. The Kier molecular flexibility index (Phi) is 24.6. The summed E-state index contributed by atoms with van der Waals surface area (Å²) in [6, 6.07) is 1.89. The summed E-state index contributed by atoms with van der Waals surface area (Å²) < 4.78 is 15.7. The van der Waals surface area contributed by atoms with Crippen molar-refractivity contribution in [1.29, 1.82) is 0 Å². The molecule has 0 saturated carbocycles. The van der Waals surface area contributed by atoms with Crippen LogP contribution in [-0.2, 0) is 0 Å². The fourth-order valence-corrected chi connectivity index (χ4v) is 6.39. The Morgan fingerprint density at radius 1 is 0.517 bits per heavy atom. The Morgan fingerprint density at radius 3 is 1.57 bits per heavy atom. The second-order valence-electron chi connectivity index (χ2n) is 10.2. The van der Waals surface area contributed by atoms with Crippen LogP contribution in [0.25, 0.3) is 55.8 Å². The topological polar surface area (TPSA) is 225 Å². The normalized spacial score (nSPS) is 9.66. The largest absolute Gasteiger partial charge is 0.493 e. The van der Waals surface area contributed by atoms with Crippen molar-refractivity contribution < 1.29 is 128 Å². The van der Waals surface area contributed by atoms with E-state index in [9.17, 15) is 0 Å². The van der Waals surface area contributed by atoms with E-state index < -0.39 is 0 Å². The SMILES string of the molecule is Brc1c[nH]c2nccnc12.CO.COc1c[nH]c2nccnc12.COc1cn(P)c2nccnc12.Pn1cc(Br)c2nccnc21.[Ar].[Ar].[Ar].c1cnc2[nH]ccc2n1. The number of hydrogen-bond donors (Lipinski definition) is 4. The minimum atomic E-state index is 0. The number of rotatable bonds is 2. The zero-order valence-corrected chi connectivity index (χ0v) is 37.9. The van der Waals surface area contributed by atoms with Gasteiger partial charge in [0.05, 0.1) is 29.4 Å². The van der Waals surface area contributed by atoms with Gasteiger partial charge in [0.2, 0.25) is 0 Å². The second kappa shape index (κ2) is 27.3. The first-order valence-corrected chi connectivity index (χ1v) is 18.3. The molecule has 0 saturated heterocycles. The molecule has 0 amide bonds. The molecule has 10 aromatic rings. The monoisotopic (exact) mass is 1030 g/mol. The van der Waals surface area contributed by atoms with Crippen LogP contribution in [-0.4, -0.2) is 99.9 Å². The second-order valence-corrected chi connectivity index (χ2v) is 13.0. The number of methoxy groups -OCH3 is 2. The Bertz CT molecular complexity index is 2670. The molecule has 10 heterocycles. The number of halogens is 2. The van der Waals surface area contributed by atoms with Crippen molar-refractivity contribution in [3.05, 3.63) is 108 Å². The number of H-pyrrole nitrogens is 3. The number of aliphatic hydroxyl groups is 1. The summed E-state index contributed by atoms with van der Waals surface area (Å²) in [7, 11) is 9.30. The van der Waals surface area contributed by atoms with Gasteiger partial charge in [0.25, 0.3) is 0 Å². The van der Waals surface area contributed by atoms with Crippen molar-refractivity contribution in [2.24, 2.45) is 0 Å². The van der Waals surface area contributed by atoms with Gasteiger partial charge in [-0.15, -0.1) is 0 Å². The Morgan fingerprint density at radius 2 is 0.983 bits per heavy atom. The van der Waals surface area contributed by atoms with Crippen LogP contribution in [0.15, 0.2) is 108 Å². The van der Waals surface area contributed by atoms with Crippen LogP contribution in [0.4, 0.5) is 0 Å². The van der Waals surface area contributed by atoms with E-state index in [1.165, 1.54) is 0 Å². The van der Waals surface area contributed by atoms with Gasteiger partial charge in [-0.05, 0) is 56.7 Å². The first-order valence-electron chi connectivity index (χ1n) is 15.7. The summed E-state index contributed by atoms with van der Waals surface area (Å²) in [5.74, 6) is 1.47. The van der Waals surface area contributed by atoms with Gasteiger partial charge in [0.1, 0.15) is 27.6 Å². The van der Waals surface area contributed by atoms with Crippen LogP contribution in [0.3, 0.4) is 0 Å². The molecule has 306 valence electrons. The maximum Gasteiger partial charge on any atom is 0.165 e. The number of aliphatic hydroxyl groups excluding tert-OH is 1. The van der Waals surface area contributed by atoms with Crippen molar-refractivity contribution in [3.8, 4) is 11.5 Å². The number of ether oxygens (including phenoxy) is 2. The van der Waals surface area contributed by atoms with Crippen LogP contribution in [0, 0.1) is 113 Å². The van der Waals surface area contributed by atoms with Gasteiger partial charge in [0.15, 0.2) is 39.7 Å². The van der Waals surface area contributed by atoms with Crippen LogP contribution >= 0.6 is 50.6 Å². The number of aromatic nitrogens is 15. The molecule has 0 radical (unpaired) electrons. The number of fused-ring (bicyclic) bond motifs is 5. The Labute approximate surface area is 442 Å². The van der Waals surface area contributed by atoms with Gasteiger partial charge < -0.3 is 38.2 Å². The third-order valence-electron chi connectivity index (χ3n) is 6.97. The first-order chi connectivity index (χ1) is 26.9. The van der Waals surface area contributed by atoms with E-state index in [1.807, 2.05) is 35.2 Å². The van der Waals surface area contributed by atoms with Crippen molar-refractivity contribution in [1.82, 2.24) is 73.5 Å². The van der Waals surface area contributed by atoms with Crippen molar-refractivity contribution in [2.45, 2.75) is 0 Å². The van der Waals surface area contributed by atoms with E-state index in [4.69, 9.17) is 14.6 Å². The quantitative estimate of drug-likeness (QED) is 0.143. The number of aromatic amines is 3. The summed E-state index contributed by atoms with van der Waals surface area (Å²) in [4.78, 5) is 49.8. The van der Waals surface area contributed by atoms with Crippen LogP contribution in [0.2, 0.25) is 0 Å². The molecule has 0 fully saturated rings. The summed E-state index contributed by atoms with van der Waals surface area (Å²) in [6.45, 7) is 0. The molecule has 0 bridgehead atoms. The Hall–Kier alpha value is -1.74. The smallest absolute Gasteiger partial charge is 0.165 e. The molecular formula is C33H33Ar3Br2N15O3P2. The van der Waals surface area contributed by atoms with Crippen LogP contribution in [0.1, 0.15) is 0 Å². The first kappa shape index (κ1) is 52.4. The predicted octanol–water partition coefficient (Wildman–Crippen LogP) is 6.16. The molecule has 10 aromatic heterocycles. The third-order valence-corrected chi connectivity index (χ3v) is 8.95. The van der Waals surface area contributed by atoms with E-state index >= 15 is 0 Å². The van der Waals surface area contributed by atoms with E-state index in [-0.39, 0.29) is 113 Å². The Balaban J connectivity index is 0.000000245. The maximum atomic E-state index is 7.00. The zero-order chi connectivity index (χ0) is 39.2. The standard InChI is InChI=1S/C7H8N3OP.C7H7N3O.C6H5BrN3P.C6H4BrN3.C6H5N3.CH4O.3Ar/c1-11-5-4-10(12)7-6(5)8-2-3-9-7;1-11-5-4-10-7-6(5)8-2-3-9-7;7-4-3-10(11)6-5(4)8-1-2-9-6;7-4-3-10-6-5(4)8-1-2-9-6;1-2-8-6-5(1)7-3-4-9-6;1-2;;;/h2-4H,12H2,1H3;2-4H,1H3,(H,9,10);1-3H,11H2;1-3H,(H,9,10);1-4H,(H,8,9);2H,1H3;;;. The molecule has 58 heavy (non-hydrogen) atoms. The van der Waals surface area contributed by atoms with Gasteiger partial charge in [-0.25, -0.2) is 34.9 Å². The van der Waals surface area contributed by atoms with Gasteiger partial charge in [-0.2, -0.15) is 0 Å². The molecular weight excluding hydrogens is 996 g/mol. The van der Waals surface area contributed by atoms with Gasteiger partial charge in [0, 0.05) is 207 Å². The molecule has 25 heteroatoms. The van der Waals surface area contributed by atoms with E-state index in [2.05, 4.69) is 115 Å². The van der Waals surface area contributed by atoms with E-state index in [1.54, 1.807) is 86.7 Å². The fourth-order valence-electron chi connectivity index (χ4n) is 4.61. The summed E-state index contributed by atoms with van der Waals surface area (Å²) in [6.07, 6.45) is 25.7. The molecule has 0 aromatic carbocycles. The molecule has 10 rings (SSSR count). The van der Waals surface area contributed by atoms with Crippen molar-refractivity contribution in [3.63, 3.8) is 0 Å². The summed E-state index contributed by atoms with van der Waals surface area (Å²) in [5.41, 5.74) is 8.33. The van der Waals surface area contributed by atoms with E-state index in [0.717, 1.165) is 83.4 Å². The average molecular weight is 1030 g/mol. The number of nitrogens with zero attached hydrogens (tertiary/aromatic N) is 12. The summed E-state index contributed by atoms with van der Waals surface area (Å²) in [5, 5.41) is 7.00. The number of nitrogens with one attached hydrogen (secondary N) is 3. The molecule has 4 N–H and O–H groups in total. The number of hydrogen-bond acceptors (Lipinski definition) is 13. The maximum absolute atomic E-state index is 7.00. The molecule has 18 nitrogen and oxygen atoms in total. The third kappa shape index (κ3) is 13.9. The van der Waals surface area contributed by atoms with Crippen LogP contribution in [0.5, 0.6) is 11.5 Å². The van der Waals surface area contributed by atoms with Crippen LogP contribution < -0.4 is 9.47 Å². The zero-order valence-electron chi connectivity index (χ0n) is 30.3. The average Bonchev–Trinajstić information content (AvgIpc) is 4.08. The fraction of sp³-hybridized carbons (Fsp3) is 0.0909. The van der Waals surface area contributed by atoms with Crippen molar-refractivity contribution in [2.75, 3.05) is 21.3 Å². The van der Waals surface area contributed by atoms with Gasteiger partial charge in [-0.3, -0.25) is 15.0 Å². The van der Waals surface area contributed by atoms with E-state index in [0.29, 0.717) is 0 Å². The molecule has 0 aliphatic rings. The minimum absolute atomic E-state index is 0. The molecule has 0 aliphatic heterocycles. The molecule has 0 aliphatic carbocycles. The van der Waals surface area contributed by atoms with Crippen molar-refractivity contribution >= 4 is 106 Å². The molecule has 2 unspecified atom stereocenters. The minimum Gasteiger partial charge on any atom is -0.493 e. The molecule has 2 atom stereocenters. The van der Waals surface area contributed by atoms with Gasteiger partial charge >= 0.3 is 0 Å².